The Bertz CT molecular complexity index is 819. The van der Waals surface area contributed by atoms with E-state index in [0.29, 0.717) is 30.2 Å². The summed E-state index contributed by atoms with van der Waals surface area (Å²) in [5, 5.41) is 15.8. The molecule has 2 heterocycles. The minimum Gasteiger partial charge on any atom is -0.497 e. The molecule has 0 bridgehead atoms. The molecule has 126 valence electrons. The van der Waals surface area contributed by atoms with Gasteiger partial charge in [-0.2, -0.15) is 0 Å². The maximum absolute atomic E-state index is 10.5. The Morgan fingerprint density at radius 3 is 2.88 bits per heavy atom. The fourth-order valence-corrected chi connectivity index (χ4v) is 3.35. The fraction of sp³-hybridized carbons (Fsp3) is 0.278. The summed E-state index contributed by atoms with van der Waals surface area (Å²) < 4.78 is 11.7. The van der Waals surface area contributed by atoms with Crippen LogP contribution in [0.25, 0.3) is 10.2 Å². The van der Waals surface area contributed by atoms with Gasteiger partial charge in [-0.25, -0.2) is 0 Å². The highest BCUT2D eigenvalue weighted by molar-refractivity contribution is 7.17. The molecule has 1 aromatic carbocycles. The minimum absolute atomic E-state index is 0.409. The van der Waals surface area contributed by atoms with Crippen LogP contribution in [0.15, 0.2) is 41.9 Å². The van der Waals surface area contributed by atoms with Crippen molar-refractivity contribution in [2.45, 2.75) is 12.6 Å². The topological polar surface area (TPSA) is 63.6 Å². The van der Waals surface area contributed by atoms with E-state index < -0.39 is 6.10 Å². The van der Waals surface area contributed by atoms with E-state index in [1.54, 1.807) is 37.7 Å². The smallest absolute Gasteiger partial charge is 0.124 e. The number of hydrogen-bond acceptors (Lipinski definition) is 6. The summed E-state index contributed by atoms with van der Waals surface area (Å²) in [7, 11) is 3.19. The first-order valence-corrected chi connectivity index (χ1v) is 8.52. The molecule has 0 saturated heterocycles. The zero-order valence-corrected chi connectivity index (χ0v) is 14.5. The molecule has 0 amide bonds. The van der Waals surface area contributed by atoms with Crippen molar-refractivity contribution in [2.24, 2.45) is 0 Å². The van der Waals surface area contributed by atoms with Gasteiger partial charge < -0.3 is 19.9 Å². The van der Waals surface area contributed by atoms with Gasteiger partial charge in [0.15, 0.2) is 0 Å². The summed E-state index contributed by atoms with van der Waals surface area (Å²) in [5.74, 6) is 1.34. The molecule has 0 aliphatic rings. The number of rotatable bonds is 7. The van der Waals surface area contributed by atoms with Crippen LogP contribution in [-0.4, -0.2) is 30.9 Å². The molecular formula is C18H20N2O3S. The summed E-state index contributed by atoms with van der Waals surface area (Å²) in [6, 6.07) is 9.54. The van der Waals surface area contributed by atoms with Gasteiger partial charge in [-0.15, -0.1) is 11.3 Å². The van der Waals surface area contributed by atoms with Crippen molar-refractivity contribution in [3.63, 3.8) is 0 Å². The number of benzene rings is 1. The molecule has 0 radical (unpaired) electrons. The lowest BCUT2D eigenvalue weighted by atomic mass is 10.1. The number of nitrogens with one attached hydrogen (secondary N) is 1. The number of aromatic nitrogens is 1. The first kappa shape index (κ1) is 16.7. The molecule has 0 aliphatic carbocycles. The van der Waals surface area contributed by atoms with Crippen molar-refractivity contribution in [3.8, 4) is 11.5 Å². The van der Waals surface area contributed by atoms with E-state index in [-0.39, 0.29) is 0 Å². The molecular weight excluding hydrogens is 324 g/mol. The highest BCUT2D eigenvalue weighted by Gasteiger charge is 2.14. The lowest BCUT2D eigenvalue weighted by Crippen LogP contribution is -2.21. The van der Waals surface area contributed by atoms with E-state index in [2.05, 4.69) is 16.4 Å². The number of hydrogen-bond donors (Lipinski definition) is 2. The third kappa shape index (κ3) is 3.67. The number of thiophene rings is 1. The van der Waals surface area contributed by atoms with Crippen LogP contribution < -0.4 is 14.8 Å². The molecule has 0 fully saturated rings. The average molecular weight is 344 g/mol. The summed E-state index contributed by atoms with van der Waals surface area (Å²) >= 11 is 1.68. The summed E-state index contributed by atoms with van der Waals surface area (Å²) in [6.07, 6.45) is 1.18. The molecule has 0 aliphatic heterocycles. The van der Waals surface area contributed by atoms with E-state index in [1.807, 2.05) is 23.7 Å². The standard InChI is InChI=1S/C18H20N2O3S/c1-22-13-3-4-17(23-2)14(8-13)16(21)11-19-9-12-7-18-15(20-10-12)5-6-24-18/h3-8,10,16,19,21H,9,11H2,1-2H3. The highest BCUT2D eigenvalue weighted by atomic mass is 32.1. The monoisotopic (exact) mass is 344 g/mol. The van der Waals surface area contributed by atoms with E-state index in [1.165, 1.54) is 4.70 Å². The van der Waals surface area contributed by atoms with Crippen LogP contribution in [0.1, 0.15) is 17.2 Å². The van der Waals surface area contributed by atoms with E-state index >= 15 is 0 Å². The van der Waals surface area contributed by atoms with Crippen molar-refractivity contribution in [1.29, 1.82) is 0 Å². The molecule has 3 aromatic rings. The van der Waals surface area contributed by atoms with Crippen molar-refractivity contribution in [1.82, 2.24) is 10.3 Å². The number of pyridine rings is 1. The first-order valence-electron chi connectivity index (χ1n) is 7.64. The first-order chi connectivity index (χ1) is 11.7. The predicted molar refractivity (Wildman–Crippen MR) is 95.8 cm³/mol. The van der Waals surface area contributed by atoms with Crippen molar-refractivity contribution in [2.75, 3.05) is 20.8 Å². The van der Waals surface area contributed by atoms with Crippen LogP contribution in [0.2, 0.25) is 0 Å². The molecule has 3 rings (SSSR count). The molecule has 2 N–H and O–H groups in total. The Kier molecular flexibility index (Phi) is 5.30. The van der Waals surface area contributed by atoms with Crippen LogP contribution in [0.5, 0.6) is 11.5 Å². The van der Waals surface area contributed by atoms with E-state index in [4.69, 9.17) is 9.47 Å². The molecule has 1 atom stereocenters. The van der Waals surface area contributed by atoms with Gasteiger partial charge in [0.2, 0.25) is 0 Å². The van der Waals surface area contributed by atoms with E-state index in [9.17, 15) is 5.11 Å². The molecule has 0 spiro atoms. The largest absolute Gasteiger partial charge is 0.497 e. The number of aliphatic hydroxyl groups is 1. The second-order valence-corrected chi connectivity index (χ2v) is 6.35. The Balaban J connectivity index is 1.63. The third-order valence-corrected chi connectivity index (χ3v) is 4.68. The van der Waals surface area contributed by atoms with Crippen molar-refractivity contribution < 1.29 is 14.6 Å². The lowest BCUT2D eigenvalue weighted by molar-refractivity contribution is 0.169. The van der Waals surface area contributed by atoms with Gasteiger partial charge in [-0.05, 0) is 41.3 Å². The van der Waals surface area contributed by atoms with Crippen LogP contribution in [0, 0.1) is 0 Å². The lowest BCUT2D eigenvalue weighted by Gasteiger charge is -2.16. The fourth-order valence-electron chi connectivity index (χ4n) is 2.55. The number of nitrogens with zero attached hydrogens (tertiary/aromatic N) is 1. The normalized spacial score (nSPS) is 12.3. The number of methoxy groups -OCH3 is 2. The molecule has 6 heteroatoms. The van der Waals surface area contributed by atoms with Crippen LogP contribution >= 0.6 is 11.3 Å². The Morgan fingerprint density at radius 1 is 1.21 bits per heavy atom. The maximum atomic E-state index is 10.5. The second-order valence-electron chi connectivity index (χ2n) is 5.40. The van der Waals surface area contributed by atoms with Gasteiger partial charge in [-0.3, -0.25) is 4.98 Å². The molecule has 2 aromatic heterocycles. The number of fused-ring (bicyclic) bond motifs is 1. The molecule has 0 saturated carbocycles. The Labute approximate surface area is 144 Å². The quantitative estimate of drug-likeness (QED) is 0.689. The van der Waals surface area contributed by atoms with Crippen LogP contribution in [0.3, 0.4) is 0 Å². The molecule has 1 unspecified atom stereocenters. The Morgan fingerprint density at radius 2 is 2.08 bits per heavy atom. The summed E-state index contributed by atoms with van der Waals surface area (Å²) in [4.78, 5) is 4.42. The number of ether oxygens (including phenoxy) is 2. The van der Waals surface area contributed by atoms with Crippen molar-refractivity contribution in [3.05, 3.63) is 53.0 Å². The summed E-state index contributed by atoms with van der Waals surface area (Å²) in [5.41, 5.74) is 2.82. The number of aliphatic hydroxyl groups excluding tert-OH is 1. The van der Waals surface area contributed by atoms with E-state index in [0.717, 1.165) is 11.1 Å². The third-order valence-electron chi connectivity index (χ3n) is 3.82. The SMILES string of the molecule is COc1ccc(OC)c(C(O)CNCc2cnc3ccsc3c2)c1. The van der Waals surface area contributed by atoms with Crippen molar-refractivity contribution >= 4 is 21.6 Å². The molecule has 24 heavy (non-hydrogen) atoms. The zero-order valence-electron chi connectivity index (χ0n) is 13.7. The minimum atomic E-state index is -0.687. The van der Waals surface area contributed by atoms with Gasteiger partial charge in [0.1, 0.15) is 11.5 Å². The zero-order chi connectivity index (χ0) is 16.9. The van der Waals surface area contributed by atoms with Gasteiger partial charge in [0, 0.05) is 24.8 Å². The maximum Gasteiger partial charge on any atom is 0.124 e. The van der Waals surface area contributed by atoms with Crippen LogP contribution in [0.4, 0.5) is 0 Å². The van der Waals surface area contributed by atoms with Gasteiger partial charge in [0.05, 0.1) is 30.5 Å². The average Bonchev–Trinajstić information content (AvgIpc) is 3.08. The molecule has 5 nitrogen and oxygen atoms in total. The second kappa shape index (κ2) is 7.61. The Hall–Kier alpha value is -2.15. The highest BCUT2D eigenvalue weighted by Crippen LogP contribution is 2.29. The van der Waals surface area contributed by atoms with Gasteiger partial charge in [-0.1, -0.05) is 0 Å². The summed E-state index contributed by atoms with van der Waals surface area (Å²) in [6.45, 7) is 1.05. The predicted octanol–water partition coefficient (Wildman–Crippen LogP) is 3.14. The van der Waals surface area contributed by atoms with Gasteiger partial charge >= 0.3 is 0 Å². The van der Waals surface area contributed by atoms with Crippen LogP contribution in [-0.2, 0) is 6.54 Å². The van der Waals surface area contributed by atoms with Gasteiger partial charge in [0.25, 0.3) is 0 Å².